The predicted molar refractivity (Wildman–Crippen MR) is 83.7 cm³/mol. The fourth-order valence-corrected chi connectivity index (χ4v) is 3.90. The van der Waals surface area contributed by atoms with E-state index in [0.29, 0.717) is 0 Å². The number of rotatable bonds is 4. The summed E-state index contributed by atoms with van der Waals surface area (Å²) in [4.78, 5) is 26.9. The summed E-state index contributed by atoms with van der Waals surface area (Å²) in [6, 6.07) is 2.06. The maximum Gasteiger partial charge on any atom is 0.305 e. The number of fused-ring (bicyclic) bond motifs is 1. The van der Waals surface area contributed by atoms with Gasteiger partial charge in [0.1, 0.15) is 0 Å². The summed E-state index contributed by atoms with van der Waals surface area (Å²) in [5.41, 5.74) is 0.793. The van der Waals surface area contributed by atoms with Crippen molar-refractivity contribution in [3.63, 3.8) is 0 Å². The van der Waals surface area contributed by atoms with Crippen LogP contribution in [0.15, 0.2) is 11.4 Å². The Morgan fingerprint density at radius 3 is 2.76 bits per heavy atom. The first-order valence-corrected chi connectivity index (χ1v) is 8.28. The van der Waals surface area contributed by atoms with Gasteiger partial charge in [-0.2, -0.15) is 0 Å². The molecule has 0 aromatic carbocycles. The molecule has 0 aliphatic heterocycles. The van der Waals surface area contributed by atoms with Crippen LogP contribution < -0.4 is 0 Å². The van der Waals surface area contributed by atoms with E-state index in [-0.39, 0.29) is 30.3 Å². The molecule has 4 nitrogen and oxygen atoms in total. The van der Waals surface area contributed by atoms with Crippen LogP contribution in [0.4, 0.5) is 0 Å². The van der Waals surface area contributed by atoms with Crippen LogP contribution in [0, 0.1) is 0 Å². The molecule has 1 aliphatic rings. The van der Waals surface area contributed by atoms with Crippen LogP contribution in [0.3, 0.4) is 0 Å². The van der Waals surface area contributed by atoms with Crippen LogP contribution >= 0.6 is 11.3 Å². The number of carbonyl (C=O) groups excluding carboxylic acids is 1. The van der Waals surface area contributed by atoms with E-state index in [2.05, 4.69) is 11.4 Å². The zero-order valence-corrected chi connectivity index (χ0v) is 13.7. The lowest BCUT2D eigenvalue weighted by atomic mass is 9.85. The van der Waals surface area contributed by atoms with Gasteiger partial charge in [0.05, 0.1) is 12.3 Å². The number of aryl methyl sites for hydroxylation is 1. The second kappa shape index (κ2) is 6.18. The molecular weight excluding hydrogens is 286 g/mol. The number of amides is 1. The molecule has 1 aromatic rings. The van der Waals surface area contributed by atoms with Crippen LogP contribution in [-0.4, -0.2) is 34.0 Å². The summed E-state index contributed by atoms with van der Waals surface area (Å²) in [7, 11) is 0. The molecule has 1 atom stereocenters. The molecule has 5 heteroatoms. The average Bonchev–Trinajstić information content (AvgIpc) is 2.84. The van der Waals surface area contributed by atoms with E-state index < -0.39 is 5.97 Å². The topological polar surface area (TPSA) is 57.6 Å². The molecule has 1 aromatic heterocycles. The van der Waals surface area contributed by atoms with E-state index >= 15 is 0 Å². The standard InChI is InChI=1S/C16H23NO3S/c1-16(2,3)17(9-7-14(18)19)15(20)12-5-4-6-13-11(12)8-10-21-13/h8,10,12H,4-7,9H2,1-3H3,(H,18,19). The van der Waals surface area contributed by atoms with Gasteiger partial charge in [0.15, 0.2) is 0 Å². The van der Waals surface area contributed by atoms with E-state index in [0.717, 1.165) is 24.8 Å². The molecule has 0 radical (unpaired) electrons. The highest BCUT2D eigenvalue weighted by molar-refractivity contribution is 7.10. The van der Waals surface area contributed by atoms with E-state index in [1.807, 2.05) is 20.8 Å². The fraction of sp³-hybridized carbons (Fsp3) is 0.625. The van der Waals surface area contributed by atoms with Crippen LogP contribution in [0.5, 0.6) is 0 Å². The number of carbonyl (C=O) groups is 2. The van der Waals surface area contributed by atoms with Gasteiger partial charge in [0, 0.05) is 17.0 Å². The van der Waals surface area contributed by atoms with Gasteiger partial charge in [-0.25, -0.2) is 0 Å². The molecule has 116 valence electrons. The summed E-state index contributed by atoms with van der Waals surface area (Å²) in [6.07, 6.45) is 2.94. The van der Waals surface area contributed by atoms with Gasteiger partial charge in [-0.05, 0) is 57.0 Å². The zero-order valence-electron chi connectivity index (χ0n) is 12.9. The molecule has 1 heterocycles. The minimum Gasteiger partial charge on any atom is -0.481 e. The van der Waals surface area contributed by atoms with Crippen molar-refractivity contribution in [2.24, 2.45) is 0 Å². The Morgan fingerprint density at radius 1 is 1.43 bits per heavy atom. The van der Waals surface area contributed by atoms with Crippen LogP contribution in [0.25, 0.3) is 0 Å². The summed E-state index contributed by atoms with van der Waals surface area (Å²) in [6.45, 7) is 6.16. The van der Waals surface area contributed by atoms with Crippen molar-refractivity contribution in [1.82, 2.24) is 4.90 Å². The smallest absolute Gasteiger partial charge is 0.305 e. The molecule has 1 amide bonds. The maximum atomic E-state index is 13.0. The molecule has 0 saturated carbocycles. The number of aliphatic carboxylic acids is 1. The molecule has 0 bridgehead atoms. The summed E-state index contributed by atoms with van der Waals surface area (Å²) in [5, 5.41) is 11.0. The molecule has 0 spiro atoms. The first kappa shape index (κ1) is 16.0. The Bertz CT molecular complexity index is 530. The number of hydrogen-bond acceptors (Lipinski definition) is 3. The van der Waals surface area contributed by atoms with Gasteiger partial charge in [-0.15, -0.1) is 11.3 Å². The quantitative estimate of drug-likeness (QED) is 0.928. The monoisotopic (exact) mass is 309 g/mol. The third kappa shape index (κ3) is 3.64. The molecule has 1 aliphatic carbocycles. The zero-order chi connectivity index (χ0) is 15.6. The average molecular weight is 309 g/mol. The number of carboxylic acids is 1. The fourth-order valence-electron chi connectivity index (χ4n) is 2.91. The summed E-state index contributed by atoms with van der Waals surface area (Å²) >= 11 is 1.72. The lowest BCUT2D eigenvalue weighted by Crippen LogP contribution is -2.48. The van der Waals surface area contributed by atoms with Gasteiger partial charge in [-0.1, -0.05) is 0 Å². The minimum atomic E-state index is -0.864. The second-order valence-corrected chi connectivity index (χ2v) is 7.55. The number of thiophene rings is 1. The van der Waals surface area contributed by atoms with Crippen molar-refractivity contribution in [3.05, 3.63) is 21.9 Å². The highest BCUT2D eigenvalue weighted by Gasteiger charge is 2.35. The Labute approximate surface area is 129 Å². The number of nitrogens with zero attached hydrogens (tertiary/aromatic N) is 1. The largest absolute Gasteiger partial charge is 0.481 e. The summed E-state index contributed by atoms with van der Waals surface area (Å²) in [5.74, 6) is -0.895. The lowest BCUT2D eigenvalue weighted by molar-refractivity contribution is -0.141. The molecule has 0 fully saturated rings. The maximum absolute atomic E-state index is 13.0. The SMILES string of the molecule is CC(C)(C)N(CCC(=O)O)C(=O)C1CCCc2sccc21. The van der Waals surface area contributed by atoms with Crippen molar-refractivity contribution in [1.29, 1.82) is 0 Å². The molecule has 0 saturated heterocycles. The van der Waals surface area contributed by atoms with Gasteiger partial charge in [0.25, 0.3) is 0 Å². The third-order valence-corrected chi connectivity index (χ3v) is 4.97. The third-order valence-electron chi connectivity index (χ3n) is 3.98. The van der Waals surface area contributed by atoms with Crippen molar-refractivity contribution in [2.45, 2.75) is 57.9 Å². The van der Waals surface area contributed by atoms with Crippen LogP contribution in [-0.2, 0) is 16.0 Å². The van der Waals surface area contributed by atoms with E-state index in [4.69, 9.17) is 5.11 Å². The first-order chi connectivity index (χ1) is 9.80. The normalized spacial score (nSPS) is 18.1. The van der Waals surface area contributed by atoms with Gasteiger partial charge >= 0.3 is 5.97 Å². The number of carboxylic acid groups (broad SMARTS) is 1. The van der Waals surface area contributed by atoms with Gasteiger partial charge in [0.2, 0.25) is 5.91 Å². The molecular formula is C16H23NO3S. The summed E-state index contributed by atoms with van der Waals surface area (Å²) < 4.78 is 0. The van der Waals surface area contributed by atoms with Crippen molar-refractivity contribution in [2.75, 3.05) is 6.54 Å². The molecule has 1 N–H and O–H groups in total. The van der Waals surface area contributed by atoms with Gasteiger partial charge < -0.3 is 10.0 Å². The predicted octanol–water partition coefficient (Wildman–Crippen LogP) is 3.27. The highest BCUT2D eigenvalue weighted by atomic mass is 32.1. The first-order valence-electron chi connectivity index (χ1n) is 7.40. The van der Waals surface area contributed by atoms with E-state index in [1.165, 1.54) is 4.88 Å². The number of hydrogen-bond donors (Lipinski definition) is 1. The Kier molecular flexibility index (Phi) is 4.71. The Balaban J connectivity index is 2.21. The van der Waals surface area contributed by atoms with Crippen molar-refractivity contribution < 1.29 is 14.7 Å². The Hall–Kier alpha value is -1.36. The molecule has 2 rings (SSSR count). The van der Waals surface area contributed by atoms with Gasteiger partial charge in [-0.3, -0.25) is 9.59 Å². The molecule has 21 heavy (non-hydrogen) atoms. The highest BCUT2D eigenvalue weighted by Crippen LogP contribution is 2.37. The van der Waals surface area contributed by atoms with Crippen LogP contribution in [0.2, 0.25) is 0 Å². The van der Waals surface area contributed by atoms with Crippen molar-refractivity contribution >= 4 is 23.2 Å². The van der Waals surface area contributed by atoms with E-state index in [9.17, 15) is 9.59 Å². The second-order valence-electron chi connectivity index (χ2n) is 6.55. The van der Waals surface area contributed by atoms with Crippen LogP contribution in [0.1, 0.15) is 56.4 Å². The van der Waals surface area contributed by atoms with E-state index in [1.54, 1.807) is 16.2 Å². The lowest BCUT2D eigenvalue weighted by Gasteiger charge is -2.38. The minimum absolute atomic E-state index is 0.00771. The molecule has 1 unspecified atom stereocenters. The van der Waals surface area contributed by atoms with Crippen molar-refractivity contribution in [3.8, 4) is 0 Å². The Morgan fingerprint density at radius 2 is 2.14 bits per heavy atom.